The topological polar surface area (TPSA) is 144 Å². The summed E-state index contributed by atoms with van der Waals surface area (Å²) in [5.74, 6) is -1.14. The maximum atomic E-state index is 11.1. The molecule has 0 aliphatic rings. The number of esters is 1. The van der Waals surface area contributed by atoms with Gasteiger partial charge in [-0.25, -0.2) is 19.6 Å². The summed E-state index contributed by atoms with van der Waals surface area (Å²) >= 11 is 0. The molecule has 9 heteroatoms. The molecule has 2 aromatic rings. The van der Waals surface area contributed by atoms with Gasteiger partial charge in [0.2, 0.25) is 5.91 Å². The van der Waals surface area contributed by atoms with Crippen LogP contribution in [-0.2, 0) is 9.53 Å². The first-order chi connectivity index (χ1) is 11.8. The van der Waals surface area contributed by atoms with Crippen molar-refractivity contribution in [2.45, 2.75) is 13.8 Å². The monoisotopic (exact) mass is 346 g/mol. The number of aromatic carboxylic acids is 1. The third kappa shape index (κ3) is 7.08. The van der Waals surface area contributed by atoms with E-state index in [0.29, 0.717) is 18.0 Å². The van der Waals surface area contributed by atoms with Crippen LogP contribution in [0.15, 0.2) is 36.7 Å². The summed E-state index contributed by atoms with van der Waals surface area (Å²) in [4.78, 5) is 39.7. The molecule has 0 unspecified atom stereocenters. The Balaban J connectivity index is 0.000000251. The van der Waals surface area contributed by atoms with Crippen LogP contribution in [0.2, 0.25) is 0 Å². The number of hydrogen-bond acceptors (Lipinski definition) is 7. The summed E-state index contributed by atoms with van der Waals surface area (Å²) in [6, 6.07) is 5.70. The lowest BCUT2D eigenvalue weighted by Gasteiger charge is -2.00. The molecule has 2 rings (SSSR count). The number of carbonyl (C=O) groups is 3. The second-order valence-corrected chi connectivity index (χ2v) is 4.61. The third-order valence-corrected chi connectivity index (χ3v) is 2.60. The van der Waals surface area contributed by atoms with Crippen molar-refractivity contribution in [3.63, 3.8) is 0 Å². The number of carboxylic acid groups (broad SMARTS) is 1. The van der Waals surface area contributed by atoms with E-state index in [1.54, 1.807) is 13.0 Å². The number of carboxylic acids is 1. The molecule has 0 bridgehead atoms. The molecule has 0 saturated carbocycles. The van der Waals surface area contributed by atoms with E-state index in [2.05, 4.69) is 15.3 Å². The molecule has 0 saturated heterocycles. The summed E-state index contributed by atoms with van der Waals surface area (Å²) in [6.07, 6.45) is 2.80. The van der Waals surface area contributed by atoms with Crippen LogP contribution in [-0.4, -0.2) is 39.5 Å². The van der Waals surface area contributed by atoms with E-state index in [1.807, 2.05) is 0 Å². The Morgan fingerprint density at radius 2 is 1.80 bits per heavy atom. The van der Waals surface area contributed by atoms with Gasteiger partial charge in [0.05, 0.1) is 17.7 Å². The van der Waals surface area contributed by atoms with Gasteiger partial charge in [-0.3, -0.25) is 4.79 Å². The predicted molar refractivity (Wildman–Crippen MR) is 90.1 cm³/mol. The van der Waals surface area contributed by atoms with E-state index in [-0.39, 0.29) is 23.3 Å². The lowest BCUT2D eigenvalue weighted by Crippen LogP contribution is -2.08. The second-order valence-electron chi connectivity index (χ2n) is 4.61. The van der Waals surface area contributed by atoms with Crippen LogP contribution >= 0.6 is 0 Å². The number of anilines is 2. The van der Waals surface area contributed by atoms with Crippen LogP contribution < -0.4 is 11.1 Å². The number of ether oxygens (including phenoxy) is 1. The van der Waals surface area contributed by atoms with Crippen LogP contribution in [0.3, 0.4) is 0 Å². The van der Waals surface area contributed by atoms with E-state index in [4.69, 9.17) is 15.6 Å². The minimum atomic E-state index is -1.05. The Morgan fingerprint density at radius 3 is 2.36 bits per heavy atom. The normalized spacial score (nSPS) is 9.36. The van der Waals surface area contributed by atoms with Crippen LogP contribution in [0, 0.1) is 0 Å². The SMILES string of the molecule is CC(=O)Nc1cc(C(=O)O)ccn1.CCOC(=O)c1ccnc(N)c1. The number of carbonyl (C=O) groups excluding carboxylic acids is 2. The van der Waals surface area contributed by atoms with Gasteiger partial charge in [-0.15, -0.1) is 0 Å². The number of aromatic nitrogens is 2. The standard InChI is InChI=1S/C8H8N2O3.C8H10N2O2/c1-5(11)10-7-4-6(8(12)13)2-3-9-7;1-2-12-8(11)6-3-4-10-7(9)5-6/h2-4H,1H3,(H,12,13)(H,9,10,11);3-5H,2H2,1H3,(H2,9,10). The maximum absolute atomic E-state index is 11.1. The first-order valence-electron chi connectivity index (χ1n) is 7.19. The highest BCUT2D eigenvalue weighted by Crippen LogP contribution is 2.06. The molecular formula is C16H18N4O5. The molecule has 0 fully saturated rings. The van der Waals surface area contributed by atoms with Crippen LogP contribution in [0.1, 0.15) is 34.6 Å². The first kappa shape index (κ1) is 19.6. The Kier molecular flexibility index (Phi) is 7.51. The molecular weight excluding hydrogens is 328 g/mol. The Hall–Kier alpha value is -3.49. The highest BCUT2D eigenvalue weighted by Gasteiger charge is 2.05. The van der Waals surface area contributed by atoms with Gasteiger partial charge in [-0.1, -0.05) is 0 Å². The van der Waals surface area contributed by atoms with E-state index in [9.17, 15) is 14.4 Å². The Labute approximate surface area is 143 Å². The molecule has 0 aromatic carbocycles. The average molecular weight is 346 g/mol. The zero-order chi connectivity index (χ0) is 18.8. The van der Waals surface area contributed by atoms with Gasteiger partial charge in [0.1, 0.15) is 11.6 Å². The van der Waals surface area contributed by atoms with Gasteiger partial charge in [0.25, 0.3) is 0 Å². The molecule has 0 aliphatic heterocycles. The fourth-order valence-electron chi connectivity index (χ4n) is 1.60. The van der Waals surface area contributed by atoms with Crippen LogP contribution in [0.25, 0.3) is 0 Å². The van der Waals surface area contributed by atoms with Crippen LogP contribution in [0.4, 0.5) is 11.6 Å². The average Bonchev–Trinajstić information content (AvgIpc) is 2.55. The van der Waals surface area contributed by atoms with Crippen molar-refractivity contribution >= 4 is 29.5 Å². The molecule has 25 heavy (non-hydrogen) atoms. The van der Waals surface area contributed by atoms with E-state index in [1.165, 1.54) is 37.5 Å². The van der Waals surface area contributed by atoms with Gasteiger partial charge in [0, 0.05) is 19.3 Å². The first-order valence-corrected chi connectivity index (χ1v) is 7.19. The highest BCUT2D eigenvalue weighted by atomic mass is 16.5. The molecule has 0 spiro atoms. The van der Waals surface area contributed by atoms with Crippen LogP contribution in [0.5, 0.6) is 0 Å². The van der Waals surface area contributed by atoms with Crippen molar-refractivity contribution in [3.8, 4) is 0 Å². The molecule has 1 amide bonds. The zero-order valence-corrected chi connectivity index (χ0v) is 13.7. The molecule has 0 radical (unpaired) electrons. The van der Waals surface area contributed by atoms with Crippen molar-refractivity contribution in [2.24, 2.45) is 0 Å². The number of nitrogens with one attached hydrogen (secondary N) is 1. The van der Waals surface area contributed by atoms with Gasteiger partial charge >= 0.3 is 11.9 Å². The predicted octanol–water partition coefficient (Wildman–Crippen LogP) is 1.58. The van der Waals surface area contributed by atoms with E-state index < -0.39 is 5.97 Å². The molecule has 0 aliphatic carbocycles. The van der Waals surface area contributed by atoms with Gasteiger partial charge in [-0.05, 0) is 31.2 Å². The fraction of sp³-hybridized carbons (Fsp3) is 0.188. The number of nitrogen functional groups attached to an aromatic ring is 1. The van der Waals surface area contributed by atoms with Crippen molar-refractivity contribution in [1.82, 2.24) is 9.97 Å². The Morgan fingerprint density at radius 1 is 1.16 bits per heavy atom. The number of nitrogens with zero attached hydrogens (tertiary/aromatic N) is 2. The lowest BCUT2D eigenvalue weighted by atomic mass is 10.2. The van der Waals surface area contributed by atoms with Crippen molar-refractivity contribution < 1.29 is 24.2 Å². The lowest BCUT2D eigenvalue weighted by molar-refractivity contribution is -0.114. The maximum Gasteiger partial charge on any atom is 0.338 e. The van der Waals surface area contributed by atoms with Crippen molar-refractivity contribution in [1.29, 1.82) is 0 Å². The summed E-state index contributed by atoms with van der Waals surface area (Å²) in [5.41, 5.74) is 5.90. The molecule has 132 valence electrons. The number of pyridine rings is 2. The Bertz CT molecular complexity index is 764. The number of amides is 1. The summed E-state index contributed by atoms with van der Waals surface area (Å²) in [5, 5.41) is 11.0. The minimum absolute atomic E-state index is 0.0961. The molecule has 0 atom stereocenters. The minimum Gasteiger partial charge on any atom is -0.478 e. The molecule has 2 heterocycles. The molecule has 9 nitrogen and oxygen atoms in total. The summed E-state index contributed by atoms with van der Waals surface area (Å²) in [6.45, 7) is 3.44. The second kappa shape index (κ2) is 9.60. The summed E-state index contributed by atoms with van der Waals surface area (Å²) < 4.78 is 4.76. The fourth-order valence-corrected chi connectivity index (χ4v) is 1.60. The third-order valence-electron chi connectivity index (χ3n) is 2.60. The van der Waals surface area contributed by atoms with Crippen molar-refractivity contribution in [3.05, 3.63) is 47.8 Å². The largest absolute Gasteiger partial charge is 0.478 e. The number of nitrogens with two attached hydrogens (primary N) is 1. The van der Waals surface area contributed by atoms with Gasteiger partial charge < -0.3 is 20.9 Å². The molecule has 4 N–H and O–H groups in total. The quantitative estimate of drug-likeness (QED) is 0.708. The van der Waals surface area contributed by atoms with Gasteiger partial charge in [-0.2, -0.15) is 0 Å². The van der Waals surface area contributed by atoms with E-state index in [0.717, 1.165) is 0 Å². The van der Waals surface area contributed by atoms with Gasteiger partial charge in [0.15, 0.2) is 0 Å². The highest BCUT2D eigenvalue weighted by molar-refractivity contribution is 5.91. The van der Waals surface area contributed by atoms with Crippen molar-refractivity contribution in [2.75, 3.05) is 17.7 Å². The number of rotatable bonds is 4. The smallest absolute Gasteiger partial charge is 0.338 e. The van der Waals surface area contributed by atoms with E-state index >= 15 is 0 Å². The summed E-state index contributed by atoms with van der Waals surface area (Å²) in [7, 11) is 0. The molecule has 2 aromatic heterocycles. The zero-order valence-electron chi connectivity index (χ0n) is 13.7. The number of hydrogen-bond donors (Lipinski definition) is 3.